The van der Waals surface area contributed by atoms with Crippen LogP contribution in [0.2, 0.25) is 0 Å². The smallest absolute Gasteiger partial charge is 0.265 e. The van der Waals surface area contributed by atoms with Gasteiger partial charge in [-0.1, -0.05) is 41.7 Å². The second kappa shape index (κ2) is 6.67. The minimum Gasteiger partial charge on any atom is -0.384 e. The molecule has 20 heavy (non-hydrogen) atoms. The highest BCUT2D eigenvalue weighted by atomic mass is 32.1. The number of hydrogen-bond donors (Lipinski definition) is 2. The number of nitrogens with zero attached hydrogens (tertiary/aromatic N) is 1. The largest absolute Gasteiger partial charge is 0.384 e. The van der Waals surface area contributed by atoms with Gasteiger partial charge in [0.1, 0.15) is 10.7 Å². The lowest BCUT2D eigenvalue weighted by molar-refractivity contribution is 0.0958. The van der Waals surface area contributed by atoms with Gasteiger partial charge in [-0.25, -0.2) is 0 Å². The Hall–Kier alpha value is -1.66. The summed E-state index contributed by atoms with van der Waals surface area (Å²) >= 11 is 6.45. The lowest BCUT2D eigenvalue weighted by Gasteiger charge is -2.05. The van der Waals surface area contributed by atoms with Crippen LogP contribution < -0.4 is 11.1 Å². The average molecular weight is 307 g/mol. The molecule has 0 radical (unpaired) electrons. The molecule has 0 bridgehead atoms. The van der Waals surface area contributed by atoms with E-state index < -0.39 is 0 Å². The Morgan fingerprint density at radius 2 is 2.10 bits per heavy atom. The predicted octanol–water partition coefficient (Wildman–Crippen LogP) is 2.85. The lowest BCUT2D eigenvalue weighted by Crippen LogP contribution is -2.25. The van der Waals surface area contributed by atoms with Crippen molar-refractivity contribution in [2.45, 2.75) is 19.9 Å². The molecule has 0 aliphatic heterocycles. The number of benzene rings is 1. The molecular formula is C14H17N3OS2. The summed E-state index contributed by atoms with van der Waals surface area (Å²) in [5, 5.41) is 2.88. The molecule has 2 aromatic rings. The van der Waals surface area contributed by atoms with Crippen LogP contribution in [0, 0.1) is 3.95 Å². The zero-order chi connectivity index (χ0) is 14.5. The summed E-state index contributed by atoms with van der Waals surface area (Å²) in [5.74, 6) is 0.307. The van der Waals surface area contributed by atoms with Crippen molar-refractivity contribution in [3.63, 3.8) is 0 Å². The first-order chi connectivity index (χ1) is 9.63. The van der Waals surface area contributed by atoms with Crippen molar-refractivity contribution < 1.29 is 4.79 Å². The summed E-state index contributed by atoms with van der Waals surface area (Å²) in [6.07, 6.45) is 0.798. The summed E-state index contributed by atoms with van der Waals surface area (Å²) in [4.78, 5) is 12.6. The van der Waals surface area contributed by atoms with Gasteiger partial charge in [0.05, 0.1) is 0 Å². The molecule has 0 aliphatic rings. The van der Waals surface area contributed by atoms with Crippen LogP contribution in [-0.2, 0) is 13.0 Å². The minimum atomic E-state index is -0.151. The Bertz CT molecular complexity index is 646. The van der Waals surface area contributed by atoms with E-state index in [0.29, 0.717) is 27.7 Å². The van der Waals surface area contributed by atoms with Gasteiger partial charge in [-0.05, 0) is 31.1 Å². The van der Waals surface area contributed by atoms with Gasteiger partial charge in [0.15, 0.2) is 3.95 Å². The Morgan fingerprint density at radius 3 is 2.70 bits per heavy atom. The van der Waals surface area contributed by atoms with Crippen LogP contribution in [0.5, 0.6) is 0 Å². The van der Waals surface area contributed by atoms with Gasteiger partial charge in [0.25, 0.3) is 5.91 Å². The van der Waals surface area contributed by atoms with Crippen LogP contribution in [-0.4, -0.2) is 17.0 Å². The fourth-order valence-corrected chi connectivity index (χ4v) is 3.29. The maximum Gasteiger partial charge on any atom is 0.265 e. The number of aromatic nitrogens is 1. The van der Waals surface area contributed by atoms with Gasteiger partial charge in [0.2, 0.25) is 0 Å². The van der Waals surface area contributed by atoms with Crippen LogP contribution in [0.15, 0.2) is 30.3 Å². The molecule has 0 spiro atoms. The molecule has 1 amide bonds. The van der Waals surface area contributed by atoms with Gasteiger partial charge >= 0.3 is 0 Å². The van der Waals surface area contributed by atoms with Crippen molar-refractivity contribution in [2.75, 3.05) is 12.3 Å². The van der Waals surface area contributed by atoms with Crippen molar-refractivity contribution in [1.82, 2.24) is 9.88 Å². The molecule has 0 aliphatic carbocycles. The highest BCUT2D eigenvalue weighted by Gasteiger charge is 2.15. The van der Waals surface area contributed by atoms with E-state index in [1.165, 1.54) is 16.9 Å². The number of carbonyl (C=O) groups excluding carboxylic acids is 1. The molecule has 1 aromatic heterocycles. The molecule has 0 unspecified atom stereocenters. The number of nitrogens with one attached hydrogen (secondary N) is 1. The average Bonchev–Trinajstić information content (AvgIpc) is 2.74. The summed E-state index contributed by atoms with van der Waals surface area (Å²) in [5.41, 5.74) is 7.14. The standard InChI is InChI=1S/C14H17N3OS2/c1-2-17-12(15)11(20-14(17)19)13(18)16-9-8-10-6-4-3-5-7-10/h3-7H,2,8-9,15H2,1H3,(H,16,18). The molecular weight excluding hydrogens is 290 g/mol. The first kappa shape index (κ1) is 14.7. The first-order valence-corrected chi connectivity index (χ1v) is 7.67. The summed E-state index contributed by atoms with van der Waals surface area (Å²) in [7, 11) is 0. The fraction of sp³-hybridized carbons (Fsp3) is 0.286. The number of nitrogen functional groups attached to an aromatic ring is 1. The molecule has 106 valence electrons. The van der Waals surface area contributed by atoms with Crippen LogP contribution in [0.1, 0.15) is 22.2 Å². The maximum absolute atomic E-state index is 12.1. The molecule has 0 saturated carbocycles. The maximum atomic E-state index is 12.1. The lowest BCUT2D eigenvalue weighted by atomic mass is 10.1. The van der Waals surface area contributed by atoms with E-state index in [2.05, 4.69) is 5.32 Å². The number of nitrogens with two attached hydrogens (primary N) is 1. The quantitative estimate of drug-likeness (QED) is 0.835. The molecule has 0 fully saturated rings. The van der Waals surface area contributed by atoms with Gasteiger partial charge in [-0.2, -0.15) is 0 Å². The van der Waals surface area contributed by atoms with Gasteiger partial charge < -0.3 is 15.6 Å². The molecule has 4 nitrogen and oxygen atoms in total. The van der Waals surface area contributed by atoms with Gasteiger partial charge in [-0.3, -0.25) is 4.79 Å². The van der Waals surface area contributed by atoms with Crippen molar-refractivity contribution in [2.24, 2.45) is 0 Å². The van der Waals surface area contributed by atoms with Crippen molar-refractivity contribution >= 4 is 35.3 Å². The number of carbonyl (C=O) groups is 1. The first-order valence-electron chi connectivity index (χ1n) is 6.44. The third-order valence-electron chi connectivity index (χ3n) is 3.00. The topological polar surface area (TPSA) is 60.0 Å². The number of anilines is 1. The summed E-state index contributed by atoms with van der Waals surface area (Å²) < 4.78 is 2.41. The zero-order valence-electron chi connectivity index (χ0n) is 11.3. The fourth-order valence-electron chi connectivity index (χ4n) is 1.92. The molecule has 0 saturated heterocycles. The van der Waals surface area contributed by atoms with Crippen LogP contribution in [0.4, 0.5) is 5.82 Å². The van der Waals surface area contributed by atoms with E-state index >= 15 is 0 Å². The van der Waals surface area contributed by atoms with Crippen LogP contribution in [0.3, 0.4) is 0 Å². The molecule has 2 rings (SSSR count). The number of thiazole rings is 1. The molecule has 3 N–H and O–H groups in total. The van der Waals surface area contributed by atoms with Crippen LogP contribution >= 0.6 is 23.6 Å². The second-order valence-corrected chi connectivity index (χ2v) is 5.96. The summed E-state index contributed by atoms with van der Waals surface area (Å²) in [6, 6.07) is 10.0. The molecule has 0 atom stereocenters. The molecule has 1 aromatic carbocycles. The van der Waals surface area contributed by atoms with E-state index in [9.17, 15) is 4.79 Å². The Balaban J connectivity index is 1.97. The van der Waals surface area contributed by atoms with E-state index in [0.717, 1.165) is 6.42 Å². The predicted molar refractivity (Wildman–Crippen MR) is 85.7 cm³/mol. The second-order valence-electron chi connectivity index (χ2n) is 4.32. The zero-order valence-corrected chi connectivity index (χ0v) is 12.9. The number of hydrogen-bond acceptors (Lipinski definition) is 4. The SMILES string of the molecule is CCn1c(N)c(C(=O)NCCc2ccccc2)sc1=S. The van der Waals surface area contributed by atoms with Crippen LogP contribution in [0.25, 0.3) is 0 Å². The van der Waals surface area contributed by atoms with Crippen molar-refractivity contribution in [3.8, 4) is 0 Å². The van der Waals surface area contributed by atoms with Crippen molar-refractivity contribution in [3.05, 3.63) is 44.7 Å². The van der Waals surface area contributed by atoms with E-state index in [4.69, 9.17) is 18.0 Å². The van der Waals surface area contributed by atoms with E-state index in [-0.39, 0.29) is 5.91 Å². The van der Waals surface area contributed by atoms with Gasteiger partial charge in [0, 0.05) is 13.1 Å². The third-order valence-corrected chi connectivity index (χ3v) is 4.46. The van der Waals surface area contributed by atoms with Crippen molar-refractivity contribution in [1.29, 1.82) is 0 Å². The molecule has 1 heterocycles. The normalized spacial score (nSPS) is 10.4. The highest BCUT2D eigenvalue weighted by Crippen LogP contribution is 2.21. The number of amides is 1. The highest BCUT2D eigenvalue weighted by molar-refractivity contribution is 7.73. The number of rotatable bonds is 5. The van der Waals surface area contributed by atoms with Gasteiger partial charge in [-0.15, -0.1) is 0 Å². The third kappa shape index (κ3) is 3.26. The van der Waals surface area contributed by atoms with E-state index in [1.807, 2.05) is 37.3 Å². The van der Waals surface area contributed by atoms with E-state index in [1.54, 1.807) is 4.57 Å². The summed E-state index contributed by atoms with van der Waals surface area (Å²) in [6.45, 7) is 3.22. The Labute approximate surface area is 127 Å². The Morgan fingerprint density at radius 1 is 1.40 bits per heavy atom. The monoisotopic (exact) mass is 307 g/mol. The Kier molecular flexibility index (Phi) is 4.92. The molecule has 6 heteroatoms. The minimum absolute atomic E-state index is 0.151.